The van der Waals surface area contributed by atoms with Crippen molar-refractivity contribution in [3.8, 4) is 0 Å². The van der Waals surface area contributed by atoms with Crippen LogP contribution in [0.1, 0.15) is 118 Å². The monoisotopic (exact) mass is 631 g/mol. The summed E-state index contributed by atoms with van der Waals surface area (Å²) in [6.45, 7) is 12.9. The molecule has 0 saturated heterocycles. The summed E-state index contributed by atoms with van der Waals surface area (Å²) in [5.74, 6) is 4.07. The van der Waals surface area contributed by atoms with Gasteiger partial charge in [-0.15, -0.1) is 0 Å². The summed E-state index contributed by atoms with van der Waals surface area (Å²) >= 11 is 0. The highest BCUT2D eigenvalue weighted by atomic mass is 16.7. The molecule has 3 fully saturated rings. The van der Waals surface area contributed by atoms with E-state index in [0.717, 1.165) is 61.2 Å². The number of hydrogen-bond acceptors (Lipinski definition) is 8. The smallest absolute Gasteiger partial charge is 0.469 e. The third-order valence-corrected chi connectivity index (χ3v) is 12.6. The number of ether oxygens (including phenoxy) is 4. The fraction of sp³-hybridized carbons (Fsp3) is 0.865. The predicted octanol–water partition coefficient (Wildman–Crippen LogP) is 7.94. The molecule has 256 valence electrons. The van der Waals surface area contributed by atoms with Crippen LogP contribution in [0.15, 0.2) is 11.6 Å². The number of hydrogen-bond donors (Lipinski definition) is 0. The normalized spacial score (nSPS) is 33.0. The van der Waals surface area contributed by atoms with Gasteiger partial charge in [0.15, 0.2) is 0 Å². The van der Waals surface area contributed by atoms with Crippen molar-refractivity contribution in [3.63, 3.8) is 0 Å². The van der Waals surface area contributed by atoms with E-state index >= 15 is 0 Å². The molecule has 8 nitrogen and oxygen atoms in total. The molecule has 0 heterocycles. The second-order valence-electron chi connectivity index (χ2n) is 15.6. The average molecular weight is 632 g/mol. The Kier molecular flexibility index (Phi) is 12.4. The van der Waals surface area contributed by atoms with Gasteiger partial charge in [0.1, 0.15) is 12.8 Å². The van der Waals surface area contributed by atoms with Crippen LogP contribution in [0, 0.1) is 46.3 Å². The molecule has 45 heavy (non-hydrogen) atoms. The molecule has 0 aliphatic heterocycles. The summed E-state index contributed by atoms with van der Waals surface area (Å²) in [7, 11) is 2.66. The van der Waals surface area contributed by atoms with Gasteiger partial charge in [0.2, 0.25) is 0 Å². The highest BCUT2D eigenvalue weighted by Gasteiger charge is 2.59. The molecule has 4 aliphatic carbocycles. The quantitative estimate of drug-likeness (QED) is 0.0826. The van der Waals surface area contributed by atoms with Crippen LogP contribution in [0.3, 0.4) is 0 Å². The van der Waals surface area contributed by atoms with E-state index in [4.69, 9.17) is 18.9 Å². The van der Waals surface area contributed by atoms with Crippen molar-refractivity contribution in [2.45, 2.75) is 124 Å². The highest BCUT2D eigenvalue weighted by Crippen LogP contribution is 2.67. The van der Waals surface area contributed by atoms with Gasteiger partial charge in [0.05, 0.1) is 27.1 Å². The third-order valence-electron chi connectivity index (χ3n) is 12.6. The topological polar surface area (TPSA) is 91.4 Å². The second-order valence-corrected chi connectivity index (χ2v) is 15.6. The molecule has 0 aromatic heterocycles. The molecule has 4 aliphatic rings. The third kappa shape index (κ3) is 8.44. The molecule has 0 N–H and O–H groups in total. The van der Waals surface area contributed by atoms with Gasteiger partial charge in [-0.25, -0.2) is 4.79 Å². The van der Waals surface area contributed by atoms with E-state index in [2.05, 4.69) is 40.7 Å². The summed E-state index contributed by atoms with van der Waals surface area (Å²) in [5, 5.41) is 0. The Labute approximate surface area is 272 Å². The molecular weight excluding hydrogens is 570 g/mol. The van der Waals surface area contributed by atoms with Crippen LogP contribution in [-0.4, -0.2) is 63.1 Å². The van der Waals surface area contributed by atoms with Gasteiger partial charge >= 0.3 is 18.1 Å². The first kappa shape index (κ1) is 35.8. The Morgan fingerprint density at radius 2 is 1.60 bits per heavy atom. The first-order valence-corrected chi connectivity index (χ1v) is 17.8. The second kappa shape index (κ2) is 15.7. The van der Waals surface area contributed by atoms with E-state index in [1.165, 1.54) is 64.7 Å². The highest BCUT2D eigenvalue weighted by molar-refractivity contribution is 5.70. The molecule has 3 saturated carbocycles. The first-order chi connectivity index (χ1) is 21.4. The number of fused-ring (bicyclic) bond motifs is 5. The van der Waals surface area contributed by atoms with E-state index < -0.39 is 6.16 Å². The zero-order chi connectivity index (χ0) is 32.8. The number of methoxy groups -OCH3 is 2. The number of carbonyl (C=O) groups excluding carboxylic acids is 3. The maximum absolute atomic E-state index is 12.7. The van der Waals surface area contributed by atoms with Crippen molar-refractivity contribution in [2.75, 3.05) is 34.0 Å². The summed E-state index contributed by atoms with van der Waals surface area (Å²) in [4.78, 5) is 37.7. The molecule has 8 atom stereocenters. The summed E-state index contributed by atoms with van der Waals surface area (Å²) in [5.41, 5.74) is 2.14. The SMILES string of the molecule is COC(=O)CCN(CCC(=O)OC)COC(=O)OC1CC[C@@]2(C)C(=CCC3C4CCC([C@H](C)CCCC(C)C)[C@@]4(C)CCC32)C1. The minimum absolute atomic E-state index is 0.0683. The Balaban J connectivity index is 1.31. The maximum Gasteiger partial charge on any atom is 0.509 e. The zero-order valence-corrected chi connectivity index (χ0v) is 29.2. The molecular formula is C37H61NO7. The van der Waals surface area contributed by atoms with Gasteiger partial charge in [0, 0.05) is 19.5 Å². The largest absolute Gasteiger partial charge is 0.509 e. The van der Waals surface area contributed by atoms with Gasteiger partial charge in [-0.2, -0.15) is 0 Å². The van der Waals surface area contributed by atoms with Crippen LogP contribution >= 0.6 is 0 Å². The predicted molar refractivity (Wildman–Crippen MR) is 174 cm³/mol. The van der Waals surface area contributed by atoms with Crippen LogP contribution in [0.25, 0.3) is 0 Å². The fourth-order valence-electron chi connectivity index (χ4n) is 10.0. The van der Waals surface area contributed by atoms with Crippen LogP contribution in [0.5, 0.6) is 0 Å². The Morgan fingerprint density at radius 3 is 2.24 bits per heavy atom. The van der Waals surface area contributed by atoms with Crippen molar-refractivity contribution in [2.24, 2.45) is 46.3 Å². The zero-order valence-electron chi connectivity index (χ0n) is 29.2. The van der Waals surface area contributed by atoms with Crippen molar-refractivity contribution >= 4 is 18.1 Å². The molecule has 0 bridgehead atoms. The minimum Gasteiger partial charge on any atom is -0.469 e. The van der Waals surface area contributed by atoms with Gasteiger partial charge < -0.3 is 18.9 Å². The molecule has 5 unspecified atom stereocenters. The summed E-state index contributed by atoms with van der Waals surface area (Å²) in [6.07, 6.45) is 15.3. The van der Waals surface area contributed by atoms with E-state index in [1.807, 2.05) is 0 Å². The van der Waals surface area contributed by atoms with Crippen LogP contribution in [0.4, 0.5) is 4.79 Å². The lowest BCUT2D eigenvalue weighted by atomic mass is 9.47. The maximum atomic E-state index is 12.7. The van der Waals surface area contributed by atoms with E-state index in [9.17, 15) is 14.4 Å². The number of rotatable bonds is 14. The molecule has 0 spiro atoms. The molecule has 0 amide bonds. The Morgan fingerprint density at radius 1 is 0.911 bits per heavy atom. The van der Waals surface area contributed by atoms with Crippen LogP contribution in [0.2, 0.25) is 0 Å². The van der Waals surface area contributed by atoms with E-state index in [0.29, 0.717) is 18.5 Å². The minimum atomic E-state index is -0.702. The standard InChI is InChI=1S/C37H61NO7/c1-25(2)9-8-10-26(3)30-13-14-31-29-12-11-27-23-28(15-19-36(27,4)32(29)16-20-37(30,31)5)45-35(41)44-24-38(21-17-33(39)42-6)22-18-34(40)43-7/h11,25-26,28-32H,8-10,12-24H2,1-7H3/t26-,28?,29?,30?,31?,32?,36+,37-/m1/s1. The lowest BCUT2D eigenvalue weighted by molar-refractivity contribution is -0.141. The summed E-state index contributed by atoms with van der Waals surface area (Å²) < 4.78 is 20.7. The van der Waals surface area contributed by atoms with E-state index in [-0.39, 0.29) is 43.0 Å². The summed E-state index contributed by atoms with van der Waals surface area (Å²) in [6, 6.07) is 0. The van der Waals surface area contributed by atoms with Gasteiger partial charge in [-0.05, 0) is 91.3 Å². The number of allylic oxidation sites excluding steroid dienone is 1. The number of nitrogens with zero attached hydrogens (tertiary/aromatic N) is 1. The molecule has 8 heteroatoms. The van der Waals surface area contributed by atoms with Crippen LogP contribution < -0.4 is 0 Å². The van der Waals surface area contributed by atoms with Gasteiger partial charge in [-0.3, -0.25) is 14.5 Å². The number of carbonyl (C=O) groups is 3. The average Bonchev–Trinajstić information content (AvgIpc) is 3.37. The molecule has 0 aromatic carbocycles. The molecule has 0 aromatic rings. The Hall–Kier alpha value is -2.09. The lowest BCUT2D eigenvalue weighted by Crippen LogP contribution is -2.51. The molecule has 0 radical (unpaired) electrons. The van der Waals surface area contributed by atoms with Crippen molar-refractivity contribution < 1.29 is 33.3 Å². The van der Waals surface area contributed by atoms with E-state index in [1.54, 1.807) is 4.90 Å². The van der Waals surface area contributed by atoms with Gasteiger partial charge in [-0.1, -0.05) is 65.5 Å². The van der Waals surface area contributed by atoms with Crippen molar-refractivity contribution in [1.82, 2.24) is 4.90 Å². The van der Waals surface area contributed by atoms with Crippen molar-refractivity contribution in [1.29, 1.82) is 0 Å². The van der Waals surface area contributed by atoms with Gasteiger partial charge in [0.25, 0.3) is 0 Å². The first-order valence-electron chi connectivity index (χ1n) is 17.8. The molecule has 4 rings (SSSR count). The number of esters is 2. The Bertz CT molecular complexity index is 1040. The van der Waals surface area contributed by atoms with Crippen molar-refractivity contribution in [3.05, 3.63) is 11.6 Å². The van der Waals surface area contributed by atoms with Crippen LogP contribution in [-0.2, 0) is 28.5 Å². The lowest BCUT2D eigenvalue weighted by Gasteiger charge is -2.58. The fourth-order valence-corrected chi connectivity index (χ4v) is 10.0.